The highest BCUT2D eigenvalue weighted by Gasteiger charge is 2.50. The summed E-state index contributed by atoms with van der Waals surface area (Å²) in [6, 6.07) is 3.13. The number of rotatable bonds is 14. The lowest BCUT2D eigenvalue weighted by Crippen LogP contribution is -2.58. The fourth-order valence-corrected chi connectivity index (χ4v) is 5.32. The first-order valence-corrected chi connectivity index (χ1v) is 15.0. The lowest BCUT2D eigenvalue weighted by atomic mass is 9.89. The van der Waals surface area contributed by atoms with Crippen molar-refractivity contribution < 1.29 is 38.5 Å². The van der Waals surface area contributed by atoms with E-state index in [4.69, 9.17) is 14.2 Å². The molecular formula is C31H44N4O8. The molecule has 12 nitrogen and oxygen atoms in total. The van der Waals surface area contributed by atoms with Crippen molar-refractivity contribution in [3.63, 3.8) is 0 Å². The van der Waals surface area contributed by atoms with Gasteiger partial charge < -0.3 is 35.3 Å². The normalized spacial score (nSPS) is 23.1. The Labute approximate surface area is 252 Å². The number of allylic oxidation sites excluding steroid dienone is 1. The monoisotopic (exact) mass is 600 g/mol. The summed E-state index contributed by atoms with van der Waals surface area (Å²) in [6.07, 6.45) is 4.84. The number of aliphatic hydroxyl groups is 1. The van der Waals surface area contributed by atoms with Crippen LogP contribution in [-0.2, 0) is 28.7 Å². The van der Waals surface area contributed by atoms with Gasteiger partial charge in [-0.05, 0) is 63.6 Å². The minimum Gasteiger partial charge on any atom is -0.497 e. The van der Waals surface area contributed by atoms with E-state index in [1.54, 1.807) is 31.2 Å². The minimum absolute atomic E-state index is 0.111. The second-order valence-corrected chi connectivity index (χ2v) is 11.6. The maximum atomic E-state index is 13.8. The number of ether oxygens (including phenoxy) is 3. The molecule has 1 aromatic carbocycles. The molecule has 0 spiro atoms. The predicted molar refractivity (Wildman–Crippen MR) is 157 cm³/mol. The Morgan fingerprint density at radius 2 is 1.74 bits per heavy atom. The van der Waals surface area contributed by atoms with Crippen molar-refractivity contribution in [2.75, 3.05) is 46.6 Å². The fourth-order valence-electron chi connectivity index (χ4n) is 5.32. The van der Waals surface area contributed by atoms with Crippen LogP contribution in [0.25, 0.3) is 0 Å². The Kier molecular flexibility index (Phi) is 11.3. The van der Waals surface area contributed by atoms with E-state index in [1.807, 2.05) is 4.90 Å². The maximum absolute atomic E-state index is 13.8. The third-order valence-corrected chi connectivity index (χ3v) is 8.18. The number of nitrogens with one attached hydrogen (secondary N) is 3. The molecule has 12 heteroatoms. The molecule has 4 N–H and O–H groups in total. The van der Waals surface area contributed by atoms with Gasteiger partial charge in [-0.25, -0.2) is 0 Å². The number of benzene rings is 1. The van der Waals surface area contributed by atoms with Crippen molar-refractivity contribution in [2.45, 2.75) is 75.8 Å². The first-order valence-electron chi connectivity index (χ1n) is 15.0. The molecule has 0 bridgehead atoms. The number of hydrogen-bond acceptors (Lipinski definition) is 9. The van der Waals surface area contributed by atoms with Gasteiger partial charge in [-0.2, -0.15) is 0 Å². The zero-order chi connectivity index (χ0) is 31.0. The highest BCUT2D eigenvalue weighted by Crippen LogP contribution is 2.31. The van der Waals surface area contributed by atoms with Crippen LogP contribution in [0.3, 0.4) is 0 Å². The topological polar surface area (TPSA) is 159 Å². The van der Waals surface area contributed by atoms with Crippen LogP contribution in [0.4, 0.5) is 0 Å². The smallest absolute Gasteiger partial charge is 0.246 e. The molecule has 43 heavy (non-hydrogen) atoms. The maximum Gasteiger partial charge on any atom is 0.246 e. The predicted octanol–water partition coefficient (Wildman–Crippen LogP) is 0.784. The summed E-state index contributed by atoms with van der Waals surface area (Å²) in [5.41, 5.74) is 0.474. The van der Waals surface area contributed by atoms with Gasteiger partial charge in [0.2, 0.25) is 17.7 Å². The van der Waals surface area contributed by atoms with Crippen molar-refractivity contribution in [1.82, 2.24) is 20.9 Å². The number of ketones is 1. The van der Waals surface area contributed by atoms with Gasteiger partial charge in [0, 0.05) is 13.1 Å². The molecule has 0 aromatic heterocycles. The molecule has 0 saturated carbocycles. The molecule has 3 aliphatic rings. The molecule has 0 radical (unpaired) electrons. The van der Waals surface area contributed by atoms with Gasteiger partial charge >= 0.3 is 0 Å². The SMILES string of the molecule is COc1ccc([C@@H](O)[C@H](NC(=O)[C@H](C)NC(=O)CN2CCOCC2)C(=O)N[C@@H](CC2=CCCCC2)C(=O)[C@]2(C)CO2)cc1. The van der Waals surface area contributed by atoms with E-state index in [-0.39, 0.29) is 24.8 Å². The summed E-state index contributed by atoms with van der Waals surface area (Å²) in [5.74, 6) is -1.41. The van der Waals surface area contributed by atoms with E-state index in [0.29, 0.717) is 44.0 Å². The molecule has 2 aliphatic heterocycles. The van der Waals surface area contributed by atoms with Crippen molar-refractivity contribution >= 4 is 23.5 Å². The summed E-state index contributed by atoms with van der Waals surface area (Å²) in [6.45, 7) is 5.89. The Morgan fingerprint density at radius 3 is 2.35 bits per heavy atom. The number of aliphatic hydroxyl groups excluding tert-OH is 1. The fraction of sp³-hybridized carbons (Fsp3) is 0.613. The number of amides is 3. The second kappa shape index (κ2) is 14.9. The van der Waals surface area contributed by atoms with Crippen LogP contribution in [0, 0.1) is 0 Å². The number of carbonyl (C=O) groups excluding carboxylic acids is 4. The first-order chi connectivity index (χ1) is 20.6. The zero-order valence-corrected chi connectivity index (χ0v) is 25.2. The third kappa shape index (κ3) is 9.09. The van der Waals surface area contributed by atoms with E-state index < -0.39 is 41.6 Å². The quantitative estimate of drug-likeness (QED) is 0.179. The van der Waals surface area contributed by atoms with Crippen LogP contribution in [0.1, 0.15) is 57.6 Å². The van der Waals surface area contributed by atoms with Gasteiger partial charge in [0.05, 0.1) is 39.5 Å². The minimum atomic E-state index is -1.46. The summed E-state index contributed by atoms with van der Waals surface area (Å²) < 4.78 is 15.9. The van der Waals surface area contributed by atoms with Gasteiger partial charge in [-0.15, -0.1) is 0 Å². The Bertz CT molecular complexity index is 1180. The van der Waals surface area contributed by atoms with Crippen molar-refractivity contribution in [3.05, 3.63) is 41.5 Å². The van der Waals surface area contributed by atoms with E-state index in [9.17, 15) is 24.3 Å². The average molecular weight is 601 g/mol. The molecule has 2 fully saturated rings. The van der Waals surface area contributed by atoms with Crippen LogP contribution in [0.2, 0.25) is 0 Å². The van der Waals surface area contributed by atoms with E-state index >= 15 is 0 Å². The van der Waals surface area contributed by atoms with Gasteiger partial charge in [0.1, 0.15) is 29.5 Å². The summed E-state index contributed by atoms with van der Waals surface area (Å²) in [7, 11) is 1.51. The molecule has 4 rings (SSSR count). The van der Waals surface area contributed by atoms with Crippen LogP contribution in [-0.4, -0.2) is 104 Å². The largest absolute Gasteiger partial charge is 0.497 e. The number of methoxy groups -OCH3 is 1. The number of epoxide rings is 1. The lowest BCUT2D eigenvalue weighted by Gasteiger charge is -2.29. The van der Waals surface area contributed by atoms with Crippen LogP contribution < -0.4 is 20.7 Å². The molecule has 1 aliphatic carbocycles. The highest BCUT2D eigenvalue weighted by atomic mass is 16.6. The Morgan fingerprint density at radius 1 is 1.05 bits per heavy atom. The molecular weight excluding hydrogens is 556 g/mol. The van der Waals surface area contributed by atoms with Gasteiger partial charge in [0.25, 0.3) is 0 Å². The third-order valence-electron chi connectivity index (χ3n) is 8.18. The Hall–Kier alpha value is -3.32. The van der Waals surface area contributed by atoms with Crippen LogP contribution >= 0.6 is 0 Å². The highest BCUT2D eigenvalue weighted by molar-refractivity contribution is 5.98. The van der Waals surface area contributed by atoms with Crippen molar-refractivity contribution in [1.29, 1.82) is 0 Å². The number of carbonyl (C=O) groups is 4. The number of Topliss-reactive ketones (excluding diaryl/α,β-unsaturated/α-hetero) is 1. The van der Waals surface area contributed by atoms with E-state index in [0.717, 1.165) is 31.3 Å². The average Bonchev–Trinajstić information content (AvgIpc) is 3.77. The number of nitrogens with zero attached hydrogens (tertiary/aromatic N) is 1. The summed E-state index contributed by atoms with van der Waals surface area (Å²) >= 11 is 0. The molecule has 236 valence electrons. The van der Waals surface area contributed by atoms with E-state index in [2.05, 4.69) is 22.0 Å². The summed E-state index contributed by atoms with van der Waals surface area (Å²) in [4.78, 5) is 55.0. The summed E-state index contributed by atoms with van der Waals surface area (Å²) in [5, 5.41) is 19.4. The standard InChI is InChI=1S/C31H44N4O8/c1-20(32-25(36)18-35-13-15-42-16-14-35)29(39)34-26(27(37)22-9-11-23(41-3)12-10-22)30(40)33-24(28(38)31(2)19-43-31)17-21-7-5-4-6-8-21/h7,9-12,20,24,26-27,37H,4-6,8,13-19H2,1-3H3,(H,32,36)(H,33,40)(H,34,39)/t20-,24-,26-,27+,31-/m0/s1. The molecule has 3 amide bonds. The molecule has 2 saturated heterocycles. The van der Waals surface area contributed by atoms with Crippen LogP contribution in [0.15, 0.2) is 35.9 Å². The van der Waals surface area contributed by atoms with Crippen molar-refractivity contribution in [2.24, 2.45) is 0 Å². The first kappa shape index (κ1) is 32.6. The van der Waals surface area contributed by atoms with Gasteiger partial charge in [0.15, 0.2) is 5.78 Å². The van der Waals surface area contributed by atoms with Gasteiger partial charge in [-0.1, -0.05) is 23.8 Å². The zero-order valence-electron chi connectivity index (χ0n) is 25.2. The van der Waals surface area contributed by atoms with Crippen LogP contribution in [0.5, 0.6) is 5.75 Å². The molecule has 1 aromatic rings. The lowest BCUT2D eigenvalue weighted by molar-refractivity contribution is -0.136. The molecule has 2 heterocycles. The number of morpholine rings is 1. The second-order valence-electron chi connectivity index (χ2n) is 11.6. The molecule has 5 atom stereocenters. The van der Waals surface area contributed by atoms with E-state index in [1.165, 1.54) is 14.0 Å². The Balaban J connectivity index is 1.49. The number of hydrogen-bond donors (Lipinski definition) is 4. The molecule has 0 unspecified atom stereocenters. The van der Waals surface area contributed by atoms with Crippen molar-refractivity contribution in [3.8, 4) is 5.75 Å². The van der Waals surface area contributed by atoms with Gasteiger partial charge in [-0.3, -0.25) is 24.1 Å².